The molecule has 0 spiro atoms. The average molecular weight is 442 g/mol. The van der Waals surface area contributed by atoms with Gasteiger partial charge in [0.2, 0.25) is 12.7 Å². The van der Waals surface area contributed by atoms with Crippen LogP contribution >= 0.6 is 22.7 Å². The molecule has 9 heteroatoms. The van der Waals surface area contributed by atoms with Crippen LogP contribution in [0.2, 0.25) is 0 Å². The number of anilines is 1. The Hall–Kier alpha value is -2.91. The average Bonchev–Trinajstić information content (AvgIpc) is 3.51. The highest BCUT2D eigenvalue weighted by molar-refractivity contribution is 7.16. The van der Waals surface area contributed by atoms with E-state index >= 15 is 0 Å². The van der Waals surface area contributed by atoms with Crippen LogP contribution in [0.25, 0.3) is 0 Å². The van der Waals surface area contributed by atoms with Crippen molar-refractivity contribution in [3.05, 3.63) is 56.7 Å². The Kier molecular flexibility index (Phi) is 5.14. The molecule has 2 N–H and O–H groups in total. The Labute approximate surface area is 181 Å². The molecule has 0 saturated carbocycles. The second kappa shape index (κ2) is 8.08. The first-order chi connectivity index (χ1) is 14.7. The summed E-state index contributed by atoms with van der Waals surface area (Å²) in [6, 6.07) is 9.05. The van der Waals surface area contributed by atoms with E-state index in [0.29, 0.717) is 28.7 Å². The van der Waals surface area contributed by atoms with Crippen LogP contribution in [-0.4, -0.2) is 23.6 Å². The predicted octanol–water partition coefficient (Wildman–Crippen LogP) is 3.92. The van der Waals surface area contributed by atoms with Crippen molar-refractivity contribution in [2.45, 2.75) is 31.7 Å². The number of hydrogen-bond donors (Lipinski definition) is 2. The van der Waals surface area contributed by atoms with Gasteiger partial charge in [-0.3, -0.25) is 14.9 Å². The van der Waals surface area contributed by atoms with E-state index in [4.69, 9.17) is 9.47 Å². The number of nitrogens with one attached hydrogen (secondary N) is 2. The number of rotatable bonds is 5. The third kappa shape index (κ3) is 3.78. The minimum atomic E-state index is -0.277. The molecule has 1 aromatic carbocycles. The quantitative estimate of drug-likeness (QED) is 0.626. The molecule has 5 rings (SSSR count). The summed E-state index contributed by atoms with van der Waals surface area (Å²) >= 11 is 3.06. The highest BCUT2D eigenvalue weighted by Gasteiger charge is 2.30. The molecule has 0 unspecified atom stereocenters. The summed E-state index contributed by atoms with van der Waals surface area (Å²) in [6.07, 6.45) is 2.58. The second-order valence-corrected chi connectivity index (χ2v) is 9.21. The number of carbonyl (C=O) groups excluding carboxylic acids is 2. The summed E-state index contributed by atoms with van der Waals surface area (Å²) in [5.74, 6) is 0.638. The third-order valence-corrected chi connectivity index (χ3v) is 7.07. The number of aryl methyl sites for hydroxylation is 1. The zero-order valence-corrected chi connectivity index (χ0v) is 17.6. The van der Waals surface area contributed by atoms with Crippen molar-refractivity contribution >= 4 is 39.6 Å². The summed E-state index contributed by atoms with van der Waals surface area (Å²) in [5.41, 5.74) is 1.26. The molecule has 2 aromatic heterocycles. The first-order valence-corrected chi connectivity index (χ1v) is 11.4. The normalized spacial score (nSPS) is 16.7. The van der Waals surface area contributed by atoms with E-state index in [1.54, 1.807) is 29.5 Å². The molecule has 0 radical (unpaired) electrons. The van der Waals surface area contributed by atoms with Crippen molar-refractivity contribution in [3.63, 3.8) is 0 Å². The fourth-order valence-corrected chi connectivity index (χ4v) is 5.35. The van der Waals surface area contributed by atoms with E-state index < -0.39 is 0 Å². The largest absolute Gasteiger partial charge is 0.454 e. The molecular formula is C21H19N3O4S2. The molecule has 154 valence electrons. The van der Waals surface area contributed by atoms with Gasteiger partial charge in [-0.2, -0.15) is 0 Å². The third-order valence-electron chi connectivity index (χ3n) is 5.14. The highest BCUT2D eigenvalue weighted by Crippen LogP contribution is 2.37. The van der Waals surface area contributed by atoms with Gasteiger partial charge in [0.15, 0.2) is 16.6 Å². The Morgan fingerprint density at radius 1 is 1.20 bits per heavy atom. The molecule has 0 saturated heterocycles. The van der Waals surface area contributed by atoms with Crippen LogP contribution in [0.1, 0.15) is 44.6 Å². The number of ether oxygens (including phenoxy) is 2. The van der Waals surface area contributed by atoms with Gasteiger partial charge in [-0.15, -0.1) is 22.7 Å². The standard InChI is InChI=1S/C21H19N3O4S2/c25-19(12-6-7-15-16(9-12)28-11-27-15)24-21-23-18-14(4-1-5-17(18)30-21)20(26)22-10-13-3-2-8-29-13/h2-3,6-9,14H,1,4-5,10-11H2,(H,22,26)(H,23,24,25)/t14-/m0/s1. The molecule has 2 aliphatic rings. The van der Waals surface area contributed by atoms with Gasteiger partial charge >= 0.3 is 0 Å². The minimum Gasteiger partial charge on any atom is -0.454 e. The van der Waals surface area contributed by atoms with Crippen molar-refractivity contribution in [2.75, 3.05) is 12.1 Å². The lowest BCUT2D eigenvalue weighted by Crippen LogP contribution is -2.30. The number of aromatic nitrogens is 1. The maximum Gasteiger partial charge on any atom is 0.257 e. The van der Waals surface area contributed by atoms with E-state index in [2.05, 4.69) is 15.6 Å². The Bertz CT molecular complexity index is 1090. The molecule has 30 heavy (non-hydrogen) atoms. The maximum absolute atomic E-state index is 12.8. The smallest absolute Gasteiger partial charge is 0.257 e. The fourth-order valence-electron chi connectivity index (χ4n) is 3.64. The number of fused-ring (bicyclic) bond motifs is 2. The molecule has 7 nitrogen and oxygen atoms in total. The number of thiazole rings is 1. The number of thiophene rings is 1. The van der Waals surface area contributed by atoms with Crippen LogP contribution in [0.15, 0.2) is 35.7 Å². The van der Waals surface area contributed by atoms with Gasteiger partial charge in [0.25, 0.3) is 5.91 Å². The Balaban J connectivity index is 1.29. The van der Waals surface area contributed by atoms with Gasteiger partial charge in [0, 0.05) is 15.3 Å². The fraction of sp³-hybridized carbons (Fsp3) is 0.286. The molecule has 1 aliphatic heterocycles. The van der Waals surface area contributed by atoms with Crippen molar-refractivity contribution in [2.24, 2.45) is 0 Å². The van der Waals surface area contributed by atoms with Gasteiger partial charge in [-0.05, 0) is 48.9 Å². The lowest BCUT2D eigenvalue weighted by Gasteiger charge is -2.20. The van der Waals surface area contributed by atoms with Crippen molar-refractivity contribution in [1.82, 2.24) is 10.3 Å². The number of hydrogen-bond acceptors (Lipinski definition) is 7. The van der Waals surface area contributed by atoms with E-state index in [0.717, 1.165) is 34.7 Å². The SMILES string of the molecule is O=C(Nc1nc2c(s1)CCC[C@@H]2C(=O)NCc1cccs1)c1ccc2c(c1)OCO2. The van der Waals surface area contributed by atoms with Crippen LogP contribution in [0.4, 0.5) is 5.13 Å². The zero-order chi connectivity index (χ0) is 20.5. The van der Waals surface area contributed by atoms with E-state index in [1.807, 2.05) is 17.5 Å². The Morgan fingerprint density at radius 3 is 2.97 bits per heavy atom. The lowest BCUT2D eigenvalue weighted by atomic mass is 9.90. The molecule has 0 fully saturated rings. The predicted molar refractivity (Wildman–Crippen MR) is 114 cm³/mol. The first kappa shape index (κ1) is 19.1. The van der Waals surface area contributed by atoms with Crippen LogP contribution < -0.4 is 20.1 Å². The number of benzene rings is 1. The van der Waals surface area contributed by atoms with Crippen LogP contribution in [0.3, 0.4) is 0 Å². The topological polar surface area (TPSA) is 89.6 Å². The van der Waals surface area contributed by atoms with Crippen molar-refractivity contribution in [1.29, 1.82) is 0 Å². The number of amides is 2. The summed E-state index contributed by atoms with van der Waals surface area (Å²) in [5, 5.41) is 8.39. The van der Waals surface area contributed by atoms with E-state index in [-0.39, 0.29) is 24.5 Å². The van der Waals surface area contributed by atoms with Gasteiger partial charge in [-0.1, -0.05) is 6.07 Å². The number of nitrogens with zero attached hydrogens (tertiary/aromatic N) is 1. The summed E-state index contributed by atoms with van der Waals surface area (Å²) in [4.78, 5) is 32.2. The van der Waals surface area contributed by atoms with Crippen LogP contribution in [-0.2, 0) is 17.8 Å². The molecule has 0 bridgehead atoms. The highest BCUT2D eigenvalue weighted by atomic mass is 32.1. The molecular weight excluding hydrogens is 422 g/mol. The maximum atomic E-state index is 12.8. The van der Waals surface area contributed by atoms with Crippen molar-refractivity contribution < 1.29 is 19.1 Å². The Morgan fingerprint density at radius 2 is 2.10 bits per heavy atom. The van der Waals surface area contributed by atoms with Gasteiger partial charge in [-0.25, -0.2) is 4.98 Å². The summed E-state index contributed by atoms with van der Waals surface area (Å²) in [6.45, 7) is 0.690. The van der Waals surface area contributed by atoms with Gasteiger partial charge in [0.1, 0.15) is 0 Å². The molecule has 1 aliphatic carbocycles. The molecule has 3 aromatic rings. The van der Waals surface area contributed by atoms with Crippen molar-refractivity contribution in [3.8, 4) is 11.5 Å². The second-order valence-electron chi connectivity index (χ2n) is 7.09. The van der Waals surface area contributed by atoms with Gasteiger partial charge in [0.05, 0.1) is 18.2 Å². The van der Waals surface area contributed by atoms with Gasteiger partial charge < -0.3 is 14.8 Å². The molecule has 1 atom stereocenters. The first-order valence-electron chi connectivity index (χ1n) is 9.68. The summed E-state index contributed by atoms with van der Waals surface area (Å²) < 4.78 is 10.6. The number of carbonyl (C=O) groups is 2. The van der Waals surface area contributed by atoms with Crippen LogP contribution in [0, 0.1) is 0 Å². The zero-order valence-electron chi connectivity index (χ0n) is 16.0. The van der Waals surface area contributed by atoms with Crippen LogP contribution in [0.5, 0.6) is 11.5 Å². The molecule has 3 heterocycles. The lowest BCUT2D eigenvalue weighted by molar-refractivity contribution is -0.123. The van der Waals surface area contributed by atoms with E-state index in [9.17, 15) is 9.59 Å². The summed E-state index contributed by atoms with van der Waals surface area (Å²) in [7, 11) is 0. The molecule has 2 amide bonds. The minimum absolute atomic E-state index is 0.0108. The van der Waals surface area contributed by atoms with E-state index in [1.165, 1.54) is 11.3 Å². The monoisotopic (exact) mass is 441 g/mol.